The van der Waals surface area contributed by atoms with Gasteiger partial charge in [0.25, 0.3) is 11.8 Å². The summed E-state index contributed by atoms with van der Waals surface area (Å²) in [6.45, 7) is 0.515. The van der Waals surface area contributed by atoms with Crippen LogP contribution in [0.5, 0.6) is 5.75 Å². The number of hydroxylamine groups is 2. The van der Waals surface area contributed by atoms with Crippen LogP contribution < -0.4 is 4.74 Å². The number of fused-ring (bicyclic) bond motifs is 1. The summed E-state index contributed by atoms with van der Waals surface area (Å²) < 4.78 is 10.4. The zero-order valence-corrected chi connectivity index (χ0v) is 14.5. The summed E-state index contributed by atoms with van der Waals surface area (Å²) in [4.78, 5) is 42.1. The second kappa shape index (κ2) is 7.55. The number of imide groups is 1. The van der Waals surface area contributed by atoms with Gasteiger partial charge >= 0.3 is 5.97 Å². The molecule has 0 bridgehead atoms. The summed E-state index contributed by atoms with van der Waals surface area (Å²) in [5, 5.41) is 0.714. The Morgan fingerprint density at radius 1 is 1.04 bits per heavy atom. The van der Waals surface area contributed by atoms with Crippen molar-refractivity contribution in [3.05, 3.63) is 64.2 Å². The summed E-state index contributed by atoms with van der Waals surface area (Å²) >= 11 is 5.93. The molecule has 0 aromatic heterocycles. The fourth-order valence-corrected chi connectivity index (χ4v) is 2.58. The highest BCUT2D eigenvalue weighted by Crippen LogP contribution is 2.27. The molecule has 7 nitrogen and oxygen atoms in total. The summed E-state index contributed by atoms with van der Waals surface area (Å²) in [5.41, 5.74) is 0.339. The van der Waals surface area contributed by atoms with E-state index in [0.29, 0.717) is 11.7 Å². The van der Waals surface area contributed by atoms with Crippen molar-refractivity contribution in [3.8, 4) is 5.75 Å². The van der Waals surface area contributed by atoms with Crippen LogP contribution in [0.25, 0.3) is 0 Å². The van der Waals surface area contributed by atoms with Gasteiger partial charge in [-0.1, -0.05) is 28.8 Å². The number of amides is 2. The van der Waals surface area contributed by atoms with Gasteiger partial charge in [-0.15, -0.1) is 0 Å². The number of rotatable bonds is 6. The van der Waals surface area contributed by atoms with Crippen molar-refractivity contribution in [2.24, 2.45) is 0 Å². The lowest BCUT2D eigenvalue weighted by molar-refractivity contribution is -0.0586. The van der Waals surface area contributed by atoms with E-state index < -0.39 is 17.8 Å². The quantitative estimate of drug-likeness (QED) is 0.570. The van der Waals surface area contributed by atoms with Gasteiger partial charge in [0.15, 0.2) is 0 Å². The van der Waals surface area contributed by atoms with E-state index in [1.54, 1.807) is 18.2 Å². The molecule has 0 unspecified atom stereocenters. The van der Waals surface area contributed by atoms with Crippen molar-refractivity contribution in [2.45, 2.75) is 0 Å². The van der Waals surface area contributed by atoms with Gasteiger partial charge in [0.1, 0.15) is 17.9 Å². The first kappa shape index (κ1) is 17.9. The predicted molar refractivity (Wildman–Crippen MR) is 91.2 cm³/mol. The third-order valence-corrected chi connectivity index (χ3v) is 3.87. The predicted octanol–water partition coefficient (Wildman–Crippen LogP) is 2.73. The van der Waals surface area contributed by atoms with Gasteiger partial charge < -0.3 is 14.3 Å². The summed E-state index contributed by atoms with van der Waals surface area (Å²) in [6, 6.07) is 10.6. The minimum Gasteiger partial charge on any atom is -0.490 e. The topological polar surface area (TPSA) is 82.1 Å². The SMILES string of the molecule is COCCOc1ccc(Cl)cc1C(=O)ON1C(=O)c2ccccc2C1=O. The number of carbonyl (C=O) groups is 3. The lowest BCUT2D eigenvalue weighted by Gasteiger charge is -2.15. The number of carbonyl (C=O) groups excluding carboxylic acids is 3. The number of benzene rings is 2. The van der Waals surface area contributed by atoms with Crippen LogP contribution in [-0.2, 0) is 9.57 Å². The van der Waals surface area contributed by atoms with Gasteiger partial charge in [-0.25, -0.2) is 4.79 Å². The van der Waals surface area contributed by atoms with E-state index >= 15 is 0 Å². The Balaban J connectivity index is 1.82. The van der Waals surface area contributed by atoms with Crippen molar-refractivity contribution >= 4 is 29.4 Å². The monoisotopic (exact) mass is 375 g/mol. The van der Waals surface area contributed by atoms with Crippen LogP contribution in [0.4, 0.5) is 0 Å². The average molecular weight is 376 g/mol. The van der Waals surface area contributed by atoms with Crippen LogP contribution in [0.2, 0.25) is 5.02 Å². The summed E-state index contributed by atoms with van der Waals surface area (Å²) in [7, 11) is 1.52. The number of hydrogen-bond acceptors (Lipinski definition) is 6. The van der Waals surface area contributed by atoms with E-state index in [1.807, 2.05) is 0 Å². The number of hydrogen-bond donors (Lipinski definition) is 0. The molecule has 26 heavy (non-hydrogen) atoms. The minimum absolute atomic E-state index is 0.00911. The number of halogens is 1. The summed E-state index contributed by atoms with van der Waals surface area (Å²) in [6.07, 6.45) is 0. The molecule has 0 spiro atoms. The first-order valence-corrected chi connectivity index (χ1v) is 8.02. The van der Waals surface area contributed by atoms with Crippen LogP contribution in [0.1, 0.15) is 31.1 Å². The number of ether oxygens (including phenoxy) is 2. The fraction of sp³-hybridized carbons (Fsp3) is 0.167. The van der Waals surface area contributed by atoms with Gasteiger partial charge in [-0.2, -0.15) is 0 Å². The standard InChI is InChI=1S/C18H14ClNO6/c1-24-8-9-25-15-7-6-11(19)10-14(15)18(23)26-20-16(21)12-4-2-3-5-13(12)17(20)22/h2-7,10H,8-9H2,1H3. The molecule has 1 heterocycles. The Bertz CT molecular complexity index is 847. The normalized spacial score (nSPS) is 12.9. The van der Waals surface area contributed by atoms with Gasteiger partial charge in [-0.05, 0) is 30.3 Å². The van der Waals surface area contributed by atoms with E-state index in [2.05, 4.69) is 0 Å². The molecule has 1 aliphatic heterocycles. The fourth-order valence-electron chi connectivity index (χ4n) is 2.40. The Kier molecular flexibility index (Phi) is 5.20. The highest BCUT2D eigenvalue weighted by Gasteiger charge is 2.39. The molecular weight excluding hydrogens is 362 g/mol. The summed E-state index contributed by atoms with van der Waals surface area (Å²) in [5.74, 6) is -2.15. The molecule has 0 N–H and O–H groups in total. The molecule has 2 amide bonds. The molecule has 0 saturated heterocycles. The third-order valence-electron chi connectivity index (χ3n) is 3.64. The zero-order valence-electron chi connectivity index (χ0n) is 13.7. The van der Waals surface area contributed by atoms with Crippen LogP contribution in [0.15, 0.2) is 42.5 Å². The minimum atomic E-state index is -0.936. The maximum Gasteiger partial charge on any atom is 0.367 e. The van der Waals surface area contributed by atoms with Crippen LogP contribution in [0, 0.1) is 0 Å². The van der Waals surface area contributed by atoms with Crippen molar-refractivity contribution in [1.29, 1.82) is 0 Å². The number of methoxy groups -OCH3 is 1. The molecule has 2 aromatic carbocycles. The first-order valence-electron chi connectivity index (χ1n) is 7.64. The molecule has 0 aliphatic carbocycles. The maximum atomic E-state index is 12.5. The molecule has 8 heteroatoms. The van der Waals surface area contributed by atoms with Crippen LogP contribution in [-0.4, -0.2) is 43.2 Å². The molecule has 0 fully saturated rings. The molecular formula is C18H14ClNO6. The highest BCUT2D eigenvalue weighted by atomic mass is 35.5. The molecule has 134 valence electrons. The zero-order chi connectivity index (χ0) is 18.7. The van der Waals surface area contributed by atoms with E-state index in [4.69, 9.17) is 25.9 Å². The largest absolute Gasteiger partial charge is 0.490 e. The van der Waals surface area contributed by atoms with Crippen molar-refractivity contribution in [2.75, 3.05) is 20.3 Å². The van der Waals surface area contributed by atoms with Crippen LogP contribution >= 0.6 is 11.6 Å². The Labute approximate surface area is 154 Å². The Morgan fingerprint density at radius 2 is 1.69 bits per heavy atom. The Morgan fingerprint density at radius 3 is 2.31 bits per heavy atom. The van der Waals surface area contributed by atoms with Gasteiger partial charge in [0.2, 0.25) is 0 Å². The molecule has 0 saturated carbocycles. The van der Waals surface area contributed by atoms with Gasteiger partial charge in [0, 0.05) is 12.1 Å². The van der Waals surface area contributed by atoms with E-state index in [1.165, 1.54) is 31.4 Å². The van der Waals surface area contributed by atoms with Gasteiger partial charge in [0.05, 0.1) is 17.7 Å². The number of nitrogens with zero attached hydrogens (tertiary/aromatic N) is 1. The van der Waals surface area contributed by atoms with E-state index in [9.17, 15) is 14.4 Å². The second-order valence-electron chi connectivity index (χ2n) is 5.31. The lowest BCUT2D eigenvalue weighted by atomic mass is 10.1. The molecule has 1 aliphatic rings. The van der Waals surface area contributed by atoms with E-state index in [0.717, 1.165) is 0 Å². The lowest BCUT2D eigenvalue weighted by Crippen LogP contribution is -2.32. The van der Waals surface area contributed by atoms with Crippen molar-refractivity contribution in [3.63, 3.8) is 0 Å². The van der Waals surface area contributed by atoms with Crippen LogP contribution in [0.3, 0.4) is 0 Å². The molecule has 0 atom stereocenters. The van der Waals surface area contributed by atoms with E-state index in [-0.39, 0.29) is 34.1 Å². The van der Waals surface area contributed by atoms with Crippen molar-refractivity contribution in [1.82, 2.24) is 5.06 Å². The maximum absolute atomic E-state index is 12.5. The molecule has 2 aromatic rings. The molecule has 3 rings (SSSR count). The first-order chi connectivity index (χ1) is 12.5. The highest BCUT2D eigenvalue weighted by molar-refractivity contribution is 6.31. The average Bonchev–Trinajstić information content (AvgIpc) is 2.88. The third kappa shape index (κ3) is 3.40. The molecule has 0 radical (unpaired) electrons. The van der Waals surface area contributed by atoms with Gasteiger partial charge in [-0.3, -0.25) is 9.59 Å². The Hall–Kier alpha value is -2.90. The second-order valence-corrected chi connectivity index (χ2v) is 5.75. The smallest absolute Gasteiger partial charge is 0.367 e. The van der Waals surface area contributed by atoms with Crippen molar-refractivity contribution < 1.29 is 28.7 Å².